The second-order valence-corrected chi connectivity index (χ2v) is 9.58. The molecule has 1 aliphatic heterocycles. The van der Waals surface area contributed by atoms with Gasteiger partial charge < -0.3 is 10.1 Å². The average Bonchev–Trinajstić information content (AvgIpc) is 2.71. The van der Waals surface area contributed by atoms with Gasteiger partial charge in [0.05, 0.1) is 13.0 Å². The molecule has 0 aromatic heterocycles. The lowest BCUT2D eigenvalue weighted by Crippen LogP contribution is -2.43. The van der Waals surface area contributed by atoms with Crippen molar-refractivity contribution in [3.05, 3.63) is 52.5 Å². The van der Waals surface area contributed by atoms with Crippen LogP contribution in [0, 0.1) is 19.8 Å². The first-order valence-corrected chi connectivity index (χ1v) is 11.3. The molecule has 1 atom stereocenters. The molecule has 3 rings (SSSR count). The van der Waals surface area contributed by atoms with Crippen LogP contribution in [0.5, 0.6) is 5.75 Å². The summed E-state index contributed by atoms with van der Waals surface area (Å²) >= 11 is 6.01. The van der Waals surface area contributed by atoms with Crippen molar-refractivity contribution in [3.63, 3.8) is 0 Å². The fraction of sp³-hybridized carbons (Fsp3) is 0.381. The molecule has 29 heavy (non-hydrogen) atoms. The molecule has 1 fully saturated rings. The van der Waals surface area contributed by atoms with Crippen molar-refractivity contribution in [3.8, 4) is 5.75 Å². The number of amides is 1. The maximum absolute atomic E-state index is 13.2. The largest absolute Gasteiger partial charge is 0.495 e. The van der Waals surface area contributed by atoms with E-state index in [2.05, 4.69) is 5.32 Å². The number of carbonyl (C=O) groups excluding carboxylic acids is 1. The Kier molecular flexibility index (Phi) is 6.51. The van der Waals surface area contributed by atoms with Crippen LogP contribution in [0.4, 0.5) is 5.69 Å². The monoisotopic (exact) mass is 436 g/mol. The average molecular weight is 437 g/mol. The Morgan fingerprint density at radius 2 is 2.00 bits per heavy atom. The summed E-state index contributed by atoms with van der Waals surface area (Å²) in [5.74, 6) is -0.364. The lowest BCUT2D eigenvalue weighted by atomic mass is 9.98. The summed E-state index contributed by atoms with van der Waals surface area (Å²) in [6.45, 7) is 4.41. The zero-order valence-corrected chi connectivity index (χ0v) is 18.3. The quantitative estimate of drug-likeness (QED) is 0.768. The zero-order valence-electron chi connectivity index (χ0n) is 16.7. The number of hydrogen-bond donors (Lipinski definition) is 1. The Hall–Kier alpha value is -2.09. The van der Waals surface area contributed by atoms with Gasteiger partial charge in [0.15, 0.2) is 0 Å². The van der Waals surface area contributed by atoms with Crippen molar-refractivity contribution in [2.75, 3.05) is 25.5 Å². The molecule has 1 N–H and O–H groups in total. The summed E-state index contributed by atoms with van der Waals surface area (Å²) in [6.07, 6.45) is 1.24. The summed E-state index contributed by atoms with van der Waals surface area (Å²) in [7, 11) is -2.42. The molecule has 2 aromatic rings. The van der Waals surface area contributed by atoms with Gasteiger partial charge in [-0.3, -0.25) is 4.79 Å². The second kappa shape index (κ2) is 8.73. The summed E-state index contributed by atoms with van der Waals surface area (Å²) in [4.78, 5) is 12.9. The van der Waals surface area contributed by atoms with Crippen LogP contribution in [0.15, 0.2) is 41.3 Å². The van der Waals surface area contributed by atoms with Crippen LogP contribution >= 0.6 is 11.6 Å². The molecule has 6 nitrogen and oxygen atoms in total. The van der Waals surface area contributed by atoms with E-state index in [1.807, 2.05) is 32.0 Å². The third-order valence-corrected chi connectivity index (χ3v) is 7.48. The van der Waals surface area contributed by atoms with Gasteiger partial charge in [-0.25, -0.2) is 8.42 Å². The number of aryl methyl sites for hydroxylation is 1. The first-order valence-electron chi connectivity index (χ1n) is 9.45. The topological polar surface area (TPSA) is 75.7 Å². The van der Waals surface area contributed by atoms with Gasteiger partial charge in [-0.2, -0.15) is 4.31 Å². The molecule has 8 heteroatoms. The van der Waals surface area contributed by atoms with E-state index in [1.165, 1.54) is 23.5 Å². The van der Waals surface area contributed by atoms with Crippen molar-refractivity contribution in [1.29, 1.82) is 0 Å². The zero-order chi connectivity index (χ0) is 21.2. The Balaban J connectivity index is 1.80. The predicted molar refractivity (Wildman–Crippen MR) is 114 cm³/mol. The van der Waals surface area contributed by atoms with Gasteiger partial charge >= 0.3 is 0 Å². The number of sulfonamides is 1. The van der Waals surface area contributed by atoms with Gasteiger partial charge in [0.2, 0.25) is 15.9 Å². The van der Waals surface area contributed by atoms with Crippen molar-refractivity contribution in [2.24, 2.45) is 5.92 Å². The Labute approximate surface area is 176 Å². The summed E-state index contributed by atoms with van der Waals surface area (Å²) in [6, 6.07) is 10.2. The highest BCUT2D eigenvalue weighted by Crippen LogP contribution is 2.32. The maximum Gasteiger partial charge on any atom is 0.246 e. The van der Waals surface area contributed by atoms with Crippen LogP contribution < -0.4 is 10.1 Å². The summed E-state index contributed by atoms with van der Waals surface area (Å²) in [5, 5.41) is 3.27. The molecule has 0 saturated carbocycles. The number of nitrogens with one attached hydrogen (secondary N) is 1. The second-order valence-electron chi connectivity index (χ2n) is 7.23. The van der Waals surface area contributed by atoms with E-state index in [-0.39, 0.29) is 23.1 Å². The van der Waals surface area contributed by atoms with Crippen molar-refractivity contribution in [2.45, 2.75) is 31.6 Å². The van der Waals surface area contributed by atoms with Crippen molar-refractivity contribution in [1.82, 2.24) is 4.31 Å². The fourth-order valence-electron chi connectivity index (χ4n) is 3.49. The highest BCUT2D eigenvalue weighted by molar-refractivity contribution is 7.89. The smallest absolute Gasteiger partial charge is 0.246 e. The van der Waals surface area contributed by atoms with Crippen LogP contribution in [0.1, 0.15) is 24.0 Å². The number of halogens is 1. The van der Waals surface area contributed by atoms with Gasteiger partial charge in [-0.15, -0.1) is 0 Å². The minimum atomic E-state index is -3.84. The van der Waals surface area contributed by atoms with Gasteiger partial charge in [-0.05, 0) is 62.1 Å². The number of benzene rings is 2. The normalized spacial score (nSPS) is 17.7. The van der Waals surface area contributed by atoms with E-state index in [0.717, 1.165) is 16.8 Å². The summed E-state index contributed by atoms with van der Waals surface area (Å²) < 4.78 is 33.0. The summed E-state index contributed by atoms with van der Waals surface area (Å²) in [5.41, 5.74) is 2.85. The molecule has 1 saturated heterocycles. The molecular weight excluding hydrogens is 412 g/mol. The molecule has 0 spiro atoms. The van der Waals surface area contributed by atoms with Crippen LogP contribution in [0.25, 0.3) is 0 Å². The van der Waals surface area contributed by atoms with E-state index in [9.17, 15) is 13.2 Å². The Morgan fingerprint density at radius 3 is 2.72 bits per heavy atom. The van der Waals surface area contributed by atoms with E-state index >= 15 is 0 Å². The minimum absolute atomic E-state index is 0.0167. The highest BCUT2D eigenvalue weighted by atomic mass is 35.5. The van der Waals surface area contributed by atoms with Crippen molar-refractivity contribution < 1.29 is 17.9 Å². The molecule has 1 amide bonds. The molecule has 156 valence electrons. The number of methoxy groups -OCH3 is 1. The van der Waals surface area contributed by atoms with Gasteiger partial charge in [0.25, 0.3) is 0 Å². The van der Waals surface area contributed by atoms with Gasteiger partial charge in [0, 0.05) is 23.8 Å². The van der Waals surface area contributed by atoms with Gasteiger partial charge in [0.1, 0.15) is 10.6 Å². The number of carbonyl (C=O) groups is 1. The van der Waals surface area contributed by atoms with Crippen LogP contribution in [-0.2, 0) is 14.8 Å². The SMILES string of the molecule is COc1ccc(Cl)cc1S(=O)(=O)N1CCC[C@@H](C(=O)Nc2cccc(C)c2C)C1. The fourth-order valence-corrected chi connectivity index (χ4v) is 5.43. The predicted octanol–water partition coefficient (Wildman–Crippen LogP) is 4.00. The lowest BCUT2D eigenvalue weighted by molar-refractivity contribution is -0.120. The Morgan fingerprint density at radius 1 is 1.24 bits per heavy atom. The maximum atomic E-state index is 13.2. The number of hydrogen-bond acceptors (Lipinski definition) is 4. The lowest BCUT2D eigenvalue weighted by Gasteiger charge is -2.31. The Bertz CT molecular complexity index is 1020. The molecule has 2 aromatic carbocycles. The number of piperidine rings is 1. The van der Waals surface area contributed by atoms with E-state index in [4.69, 9.17) is 16.3 Å². The molecule has 0 radical (unpaired) electrons. The molecular formula is C21H25ClN2O4S. The first-order chi connectivity index (χ1) is 13.7. The molecule has 0 bridgehead atoms. The number of rotatable bonds is 5. The van der Waals surface area contributed by atoms with Crippen LogP contribution in [0.2, 0.25) is 5.02 Å². The molecule has 1 heterocycles. The van der Waals surface area contributed by atoms with Gasteiger partial charge in [-0.1, -0.05) is 23.7 Å². The molecule has 0 unspecified atom stereocenters. The van der Waals surface area contributed by atoms with E-state index < -0.39 is 15.9 Å². The number of anilines is 1. The molecule has 0 aliphatic carbocycles. The van der Waals surface area contributed by atoms with Crippen LogP contribution in [0.3, 0.4) is 0 Å². The van der Waals surface area contributed by atoms with E-state index in [0.29, 0.717) is 24.4 Å². The first kappa shape index (κ1) is 21.6. The number of ether oxygens (including phenoxy) is 1. The van der Waals surface area contributed by atoms with Crippen molar-refractivity contribution >= 4 is 33.2 Å². The van der Waals surface area contributed by atoms with Crippen LogP contribution in [-0.4, -0.2) is 38.8 Å². The van der Waals surface area contributed by atoms with E-state index in [1.54, 1.807) is 6.07 Å². The standard InChI is InChI=1S/C21H25ClN2O4S/c1-14-6-4-8-18(15(14)2)23-21(25)16-7-5-11-24(13-16)29(26,27)20-12-17(22)9-10-19(20)28-3/h4,6,8-10,12,16H,5,7,11,13H2,1-3H3,(H,23,25)/t16-/m1/s1. The third-order valence-electron chi connectivity index (χ3n) is 5.36. The minimum Gasteiger partial charge on any atom is -0.495 e. The molecule has 1 aliphatic rings. The number of nitrogens with zero attached hydrogens (tertiary/aromatic N) is 1. The highest BCUT2D eigenvalue weighted by Gasteiger charge is 2.35. The third kappa shape index (κ3) is 4.57.